The highest BCUT2D eigenvalue weighted by Crippen LogP contribution is 2.33. The molecule has 0 atom stereocenters. The van der Waals surface area contributed by atoms with E-state index in [1.165, 1.54) is 0 Å². The van der Waals surface area contributed by atoms with Gasteiger partial charge in [0.05, 0.1) is 10.0 Å². The molecular weight excluding hydrogens is 303 g/mol. The summed E-state index contributed by atoms with van der Waals surface area (Å²) in [6.07, 6.45) is 0. The van der Waals surface area contributed by atoms with Crippen LogP contribution in [0.5, 0.6) is 5.75 Å². The number of aryl methyl sites for hydroxylation is 1. The molecule has 0 spiro atoms. The van der Waals surface area contributed by atoms with Crippen LogP contribution in [-0.4, -0.2) is 5.91 Å². The predicted octanol–water partition coefficient (Wildman–Crippen LogP) is 3.08. The van der Waals surface area contributed by atoms with Crippen molar-refractivity contribution in [2.24, 2.45) is 5.84 Å². The van der Waals surface area contributed by atoms with E-state index in [0.717, 1.165) is 0 Å². The summed E-state index contributed by atoms with van der Waals surface area (Å²) in [6, 6.07) is 6.75. The van der Waals surface area contributed by atoms with Gasteiger partial charge < -0.3 is 9.15 Å². The highest BCUT2D eigenvalue weighted by atomic mass is 35.5. The van der Waals surface area contributed by atoms with E-state index >= 15 is 0 Å². The van der Waals surface area contributed by atoms with Crippen molar-refractivity contribution in [1.29, 1.82) is 0 Å². The molecule has 2 aromatic rings. The van der Waals surface area contributed by atoms with E-state index in [-0.39, 0.29) is 12.4 Å². The van der Waals surface area contributed by atoms with Crippen molar-refractivity contribution in [2.75, 3.05) is 0 Å². The number of para-hydroxylation sites is 1. The maximum atomic E-state index is 11.4. The molecular formula is C13H12Cl2N2O3. The van der Waals surface area contributed by atoms with Crippen molar-refractivity contribution in [3.8, 4) is 5.75 Å². The van der Waals surface area contributed by atoms with Gasteiger partial charge in [0.25, 0.3) is 0 Å². The number of hydrogen-bond acceptors (Lipinski definition) is 4. The number of ether oxygens (including phenoxy) is 1. The van der Waals surface area contributed by atoms with Crippen LogP contribution in [0.4, 0.5) is 0 Å². The number of furan rings is 1. The maximum absolute atomic E-state index is 11.4. The topological polar surface area (TPSA) is 77.5 Å². The Morgan fingerprint density at radius 2 is 2.05 bits per heavy atom. The Morgan fingerprint density at radius 3 is 2.65 bits per heavy atom. The zero-order valence-electron chi connectivity index (χ0n) is 10.6. The SMILES string of the molecule is Cc1cc(COc2c(Cl)cccc2Cl)oc1C(=O)NN. The molecule has 0 radical (unpaired) electrons. The van der Waals surface area contributed by atoms with Crippen LogP contribution in [0.2, 0.25) is 10.0 Å². The fraction of sp³-hybridized carbons (Fsp3) is 0.154. The van der Waals surface area contributed by atoms with Crippen molar-refractivity contribution in [1.82, 2.24) is 5.43 Å². The molecule has 0 aliphatic carbocycles. The maximum Gasteiger partial charge on any atom is 0.301 e. The molecule has 0 aliphatic rings. The van der Waals surface area contributed by atoms with Gasteiger partial charge in [0.15, 0.2) is 11.5 Å². The number of nitrogens with two attached hydrogens (primary N) is 1. The first-order chi connectivity index (χ1) is 9.52. The third kappa shape index (κ3) is 3.07. The number of rotatable bonds is 4. The second-order valence-electron chi connectivity index (χ2n) is 4.04. The first-order valence-corrected chi connectivity index (χ1v) is 6.45. The minimum Gasteiger partial charge on any atom is -0.483 e. The molecule has 0 saturated heterocycles. The van der Waals surface area contributed by atoms with E-state index in [4.69, 9.17) is 38.2 Å². The normalized spacial score (nSPS) is 10.4. The van der Waals surface area contributed by atoms with Crippen LogP contribution in [0.3, 0.4) is 0 Å². The highest BCUT2D eigenvalue weighted by molar-refractivity contribution is 6.37. The van der Waals surface area contributed by atoms with E-state index in [2.05, 4.69) is 0 Å². The fourth-order valence-electron chi connectivity index (χ4n) is 1.67. The number of benzene rings is 1. The van der Waals surface area contributed by atoms with Gasteiger partial charge >= 0.3 is 5.91 Å². The summed E-state index contributed by atoms with van der Waals surface area (Å²) >= 11 is 12.0. The molecule has 0 fully saturated rings. The summed E-state index contributed by atoms with van der Waals surface area (Å²) in [5.74, 6) is 5.55. The second kappa shape index (κ2) is 6.17. The average molecular weight is 315 g/mol. The van der Waals surface area contributed by atoms with Gasteiger partial charge in [-0.1, -0.05) is 29.3 Å². The second-order valence-corrected chi connectivity index (χ2v) is 4.85. The number of carbonyl (C=O) groups excluding carboxylic acids is 1. The summed E-state index contributed by atoms with van der Waals surface area (Å²) in [6.45, 7) is 1.84. The number of halogens is 2. The van der Waals surface area contributed by atoms with Gasteiger partial charge in [-0.25, -0.2) is 5.84 Å². The van der Waals surface area contributed by atoms with Crippen LogP contribution in [0.25, 0.3) is 0 Å². The standard InChI is InChI=1S/C13H12Cl2N2O3/c1-7-5-8(20-11(7)13(18)17-16)6-19-12-9(14)3-2-4-10(12)15/h2-5H,6,16H2,1H3,(H,17,18). The van der Waals surface area contributed by atoms with E-state index in [0.29, 0.717) is 27.1 Å². The zero-order chi connectivity index (χ0) is 14.7. The van der Waals surface area contributed by atoms with Crippen LogP contribution in [0.15, 0.2) is 28.7 Å². The smallest absolute Gasteiger partial charge is 0.301 e. The largest absolute Gasteiger partial charge is 0.483 e. The van der Waals surface area contributed by atoms with Crippen molar-refractivity contribution in [3.05, 3.63) is 51.4 Å². The number of carbonyl (C=O) groups is 1. The highest BCUT2D eigenvalue weighted by Gasteiger charge is 2.15. The van der Waals surface area contributed by atoms with Gasteiger partial charge in [-0.15, -0.1) is 0 Å². The third-order valence-corrected chi connectivity index (χ3v) is 3.18. The number of nitrogen functional groups attached to an aromatic ring is 1. The number of amides is 1. The van der Waals surface area contributed by atoms with Crippen LogP contribution >= 0.6 is 23.2 Å². The molecule has 20 heavy (non-hydrogen) atoms. The summed E-state index contributed by atoms with van der Waals surface area (Å²) < 4.78 is 10.9. The minimum atomic E-state index is -0.496. The number of hydrogen-bond donors (Lipinski definition) is 2. The van der Waals surface area contributed by atoms with Crippen molar-refractivity contribution in [3.63, 3.8) is 0 Å². The van der Waals surface area contributed by atoms with Gasteiger partial charge in [0, 0.05) is 5.56 Å². The Labute approximate surface area is 125 Å². The number of hydrazine groups is 1. The summed E-state index contributed by atoms with van der Waals surface area (Å²) in [5, 5.41) is 0.807. The summed E-state index contributed by atoms with van der Waals surface area (Å²) in [5.41, 5.74) is 2.68. The zero-order valence-corrected chi connectivity index (χ0v) is 12.1. The Kier molecular flexibility index (Phi) is 4.54. The lowest BCUT2D eigenvalue weighted by molar-refractivity contribution is 0.0921. The van der Waals surface area contributed by atoms with Gasteiger partial charge in [-0.2, -0.15) is 0 Å². The Bertz CT molecular complexity index is 620. The van der Waals surface area contributed by atoms with Crippen LogP contribution in [-0.2, 0) is 6.61 Å². The van der Waals surface area contributed by atoms with Crippen molar-refractivity contribution < 1.29 is 13.9 Å². The van der Waals surface area contributed by atoms with Gasteiger partial charge in [0.2, 0.25) is 0 Å². The summed E-state index contributed by atoms with van der Waals surface area (Å²) in [4.78, 5) is 11.4. The van der Waals surface area contributed by atoms with Gasteiger partial charge in [0.1, 0.15) is 12.4 Å². The minimum absolute atomic E-state index is 0.0993. The molecule has 0 saturated carbocycles. The molecule has 0 bridgehead atoms. The molecule has 3 N–H and O–H groups in total. The molecule has 1 heterocycles. The lowest BCUT2D eigenvalue weighted by Crippen LogP contribution is -2.30. The van der Waals surface area contributed by atoms with Crippen LogP contribution < -0.4 is 16.0 Å². The van der Waals surface area contributed by atoms with Crippen LogP contribution in [0, 0.1) is 6.92 Å². The molecule has 5 nitrogen and oxygen atoms in total. The molecule has 1 amide bonds. The Hall–Kier alpha value is -1.69. The van der Waals surface area contributed by atoms with Crippen LogP contribution in [0.1, 0.15) is 21.9 Å². The molecule has 0 aliphatic heterocycles. The van der Waals surface area contributed by atoms with E-state index < -0.39 is 5.91 Å². The molecule has 7 heteroatoms. The van der Waals surface area contributed by atoms with E-state index in [1.54, 1.807) is 31.2 Å². The predicted molar refractivity (Wildman–Crippen MR) is 75.9 cm³/mol. The number of nitrogens with one attached hydrogen (secondary N) is 1. The Balaban J connectivity index is 2.14. The fourth-order valence-corrected chi connectivity index (χ4v) is 2.18. The lowest BCUT2D eigenvalue weighted by atomic mass is 10.2. The molecule has 1 aromatic heterocycles. The third-order valence-electron chi connectivity index (χ3n) is 2.58. The first kappa shape index (κ1) is 14.7. The molecule has 1 aromatic carbocycles. The molecule has 0 unspecified atom stereocenters. The summed E-state index contributed by atoms with van der Waals surface area (Å²) in [7, 11) is 0. The van der Waals surface area contributed by atoms with E-state index in [1.807, 2.05) is 5.43 Å². The molecule has 106 valence electrons. The van der Waals surface area contributed by atoms with Crippen molar-refractivity contribution >= 4 is 29.1 Å². The quantitative estimate of drug-likeness (QED) is 0.516. The van der Waals surface area contributed by atoms with E-state index in [9.17, 15) is 4.79 Å². The first-order valence-electron chi connectivity index (χ1n) is 5.70. The Morgan fingerprint density at radius 1 is 1.40 bits per heavy atom. The molecule has 2 rings (SSSR count). The average Bonchev–Trinajstić information content (AvgIpc) is 2.78. The van der Waals surface area contributed by atoms with Gasteiger partial charge in [-0.05, 0) is 25.1 Å². The monoisotopic (exact) mass is 314 g/mol. The van der Waals surface area contributed by atoms with Crippen molar-refractivity contribution in [2.45, 2.75) is 13.5 Å². The van der Waals surface area contributed by atoms with Gasteiger partial charge in [-0.3, -0.25) is 10.2 Å². The lowest BCUT2D eigenvalue weighted by Gasteiger charge is -2.07.